The largest absolute Gasteiger partial charge is 0.324 e. The van der Waals surface area contributed by atoms with Crippen LogP contribution in [0.1, 0.15) is 23.6 Å². The summed E-state index contributed by atoms with van der Waals surface area (Å²) in [6.45, 7) is 4.89. The molecule has 1 aliphatic heterocycles. The Bertz CT molecular complexity index is 408. The molecule has 2 rings (SSSR count). The summed E-state index contributed by atoms with van der Waals surface area (Å²) >= 11 is 0. The number of nitrogens with zero attached hydrogens (tertiary/aromatic N) is 1. The minimum Gasteiger partial charge on any atom is -0.324 e. The molecule has 3 N–H and O–H groups in total. The number of aryl methyl sites for hydroxylation is 1. The van der Waals surface area contributed by atoms with Gasteiger partial charge < -0.3 is 16.0 Å². The first-order chi connectivity index (χ1) is 8.56. The number of likely N-dealkylation sites (N-methyl/N-ethyl adjacent to an activating group) is 1. The quantitative estimate of drug-likeness (QED) is 0.854. The van der Waals surface area contributed by atoms with Crippen molar-refractivity contribution in [2.24, 2.45) is 5.73 Å². The average molecular weight is 251 g/mol. The molecule has 0 saturated carbocycles. The van der Waals surface area contributed by atoms with Crippen molar-refractivity contribution in [2.75, 3.05) is 26.7 Å². The third kappa shape index (κ3) is 3.28. The average Bonchev–Trinajstić information content (AvgIpc) is 2.32. The summed E-state index contributed by atoms with van der Waals surface area (Å²) in [6.07, 6.45) is 0.884. The van der Waals surface area contributed by atoms with Crippen LogP contribution < -0.4 is 11.1 Å². The van der Waals surface area contributed by atoms with Crippen LogP contribution in [0, 0.1) is 12.7 Å². The maximum absolute atomic E-state index is 13.2. The van der Waals surface area contributed by atoms with Gasteiger partial charge in [-0.15, -0.1) is 0 Å². The van der Waals surface area contributed by atoms with Crippen LogP contribution in [0.5, 0.6) is 0 Å². The molecule has 4 heteroatoms. The Morgan fingerprint density at radius 2 is 2.33 bits per heavy atom. The van der Waals surface area contributed by atoms with Crippen LogP contribution in [0.4, 0.5) is 4.39 Å². The summed E-state index contributed by atoms with van der Waals surface area (Å²) in [5, 5.41) is 3.48. The normalized spacial score (nSPS) is 23.0. The summed E-state index contributed by atoms with van der Waals surface area (Å²) in [4.78, 5) is 2.31. The molecule has 2 unspecified atom stereocenters. The van der Waals surface area contributed by atoms with Gasteiger partial charge in [0.15, 0.2) is 0 Å². The van der Waals surface area contributed by atoms with E-state index in [4.69, 9.17) is 5.73 Å². The zero-order valence-corrected chi connectivity index (χ0v) is 11.1. The minimum atomic E-state index is -0.165. The SMILES string of the molecule is Cc1cc(C(N)CC2CN(C)CCN2)ccc1F. The Kier molecular flexibility index (Phi) is 4.32. The number of hydrogen-bond donors (Lipinski definition) is 2. The molecular weight excluding hydrogens is 229 g/mol. The molecule has 2 atom stereocenters. The molecule has 1 heterocycles. The highest BCUT2D eigenvalue weighted by Gasteiger charge is 2.20. The van der Waals surface area contributed by atoms with Crippen LogP contribution in [0.3, 0.4) is 0 Å². The van der Waals surface area contributed by atoms with Crippen molar-refractivity contribution in [3.63, 3.8) is 0 Å². The second kappa shape index (κ2) is 5.78. The van der Waals surface area contributed by atoms with Gasteiger partial charge in [0.1, 0.15) is 5.82 Å². The van der Waals surface area contributed by atoms with Gasteiger partial charge in [0, 0.05) is 31.7 Å². The van der Waals surface area contributed by atoms with Gasteiger partial charge in [0.25, 0.3) is 0 Å². The van der Waals surface area contributed by atoms with Crippen LogP contribution in [-0.2, 0) is 0 Å². The van der Waals surface area contributed by atoms with Gasteiger partial charge in [0.2, 0.25) is 0 Å². The van der Waals surface area contributed by atoms with E-state index in [1.807, 2.05) is 6.07 Å². The molecule has 3 nitrogen and oxygen atoms in total. The maximum Gasteiger partial charge on any atom is 0.126 e. The molecule has 1 fully saturated rings. The van der Waals surface area contributed by atoms with Crippen molar-refractivity contribution in [2.45, 2.75) is 25.4 Å². The van der Waals surface area contributed by atoms with E-state index in [9.17, 15) is 4.39 Å². The van der Waals surface area contributed by atoms with Gasteiger partial charge in [-0.1, -0.05) is 12.1 Å². The summed E-state index contributed by atoms with van der Waals surface area (Å²) < 4.78 is 13.2. The van der Waals surface area contributed by atoms with Crippen molar-refractivity contribution in [3.8, 4) is 0 Å². The molecular formula is C14H22FN3. The smallest absolute Gasteiger partial charge is 0.126 e. The number of benzene rings is 1. The van der Waals surface area contributed by atoms with Crippen molar-refractivity contribution < 1.29 is 4.39 Å². The number of piperazine rings is 1. The fourth-order valence-electron chi connectivity index (χ4n) is 2.49. The molecule has 18 heavy (non-hydrogen) atoms. The van der Waals surface area contributed by atoms with E-state index in [1.165, 1.54) is 6.07 Å². The van der Waals surface area contributed by atoms with E-state index in [0.717, 1.165) is 31.6 Å². The van der Waals surface area contributed by atoms with Crippen LogP contribution in [0.2, 0.25) is 0 Å². The second-order valence-corrected chi connectivity index (χ2v) is 5.26. The van der Waals surface area contributed by atoms with E-state index < -0.39 is 0 Å². The van der Waals surface area contributed by atoms with Gasteiger partial charge >= 0.3 is 0 Å². The molecule has 1 aliphatic rings. The fourth-order valence-corrected chi connectivity index (χ4v) is 2.49. The van der Waals surface area contributed by atoms with Gasteiger partial charge in [-0.2, -0.15) is 0 Å². The number of hydrogen-bond acceptors (Lipinski definition) is 3. The third-order valence-electron chi connectivity index (χ3n) is 3.61. The second-order valence-electron chi connectivity index (χ2n) is 5.26. The Balaban J connectivity index is 1.98. The van der Waals surface area contributed by atoms with E-state index in [1.54, 1.807) is 13.0 Å². The predicted molar refractivity (Wildman–Crippen MR) is 72.0 cm³/mol. The Labute approximate surface area is 108 Å². The van der Waals surface area contributed by atoms with E-state index >= 15 is 0 Å². The van der Waals surface area contributed by atoms with Gasteiger partial charge in [0.05, 0.1) is 0 Å². The third-order valence-corrected chi connectivity index (χ3v) is 3.61. The molecule has 1 saturated heterocycles. The highest BCUT2D eigenvalue weighted by molar-refractivity contribution is 5.26. The zero-order chi connectivity index (χ0) is 13.1. The topological polar surface area (TPSA) is 41.3 Å². The molecule has 0 spiro atoms. The lowest BCUT2D eigenvalue weighted by Gasteiger charge is -2.32. The number of nitrogens with two attached hydrogens (primary N) is 1. The van der Waals surface area contributed by atoms with Gasteiger partial charge in [-0.25, -0.2) is 4.39 Å². The summed E-state index contributed by atoms with van der Waals surface area (Å²) in [6, 6.07) is 5.54. The van der Waals surface area contributed by atoms with Crippen molar-refractivity contribution in [1.29, 1.82) is 0 Å². The highest BCUT2D eigenvalue weighted by Crippen LogP contribution is 2.19. The number of halogens is 1. The van der Waals surface area contributed by atoms with Crippen molar-refractivity contribution in [3.05, 3.63) is 35.1 Å². The first-order valence-electron chi connectivity index (χ1n) is 6.50. The Hall–Kier alpha value is -0.970. The fraction of sp³-hybridized carbons (Fsp3) is 0.571. The molecule has 0 aliphatic carbocycles. The number of nitrogens with one attached hydrogen (secondary N) is 1. The van der Waals surface area contributed by atoms with Crippen molar-refractivity contribution >= 4 is 0 Å². The van der Waals surface area contributed by atoms with Crippen LogP contribution in [0.25, 0.3) is 0 Å². The summed E-state index contributed by atoms with van der Waals surface area (Å²) in [5.74, 6) is -0.165. The van der Waals surface area contributed by atoms with Crippen molar-refractivity contribution in [1.82, 2.24) is 10.2 Å². The lowest BCUT2D eigenvalue weighted by molar-refractivity contribution is 0.225. The predicted octanol–water partition coefficient (Wildman–Crippen LogP) is 1.43. The first kappa shape index (κ1) is 13.5. The monoisotopic (exact) mass is 251 g/mol. The first-order valence-corrected chi connectivity index (χ1v) is 6.50. The molecule has 1 aromatic carbocycles. The van der Waals surface area contributed by atoms with E-state index in [0.29, 0.717) is 11.6 Å². The van der Waals surface area contributed by atoms with Crippen LogP contribution in [-0.4, -0.2) is 37.6 Å². The van der Waals surface area contributed by atoms with E-state index in [2.05, 4.69) is 17.3 Å². The minimum absolute atomic E-state index is 0.0340. The van der Waals surface area contributed by atoms with Crippen LogP contribution >= 0.6 is 0 Å². The summed E-state index contributed by atoms with van der Waals surface area (Å²) in [7, 11) is 2.13. The molecule has 100 valence electrons. The highest BCUT2D eigenvalue weighted by atomic mass is 19.1. The lowest BCUT2D eigenvalue weighted by atomic mass is 9.97. The maximum atomic E-state index is 13.2. The standard InChI is InChI=1S/C14H22FN3/c1-10-7-11(3-4-13(10)15)14(16)8-12-9-18(2)6-5-17-12/h3-4,7,12,14,17H,5-6,8-9,16H2,1-2H3. The van der Waals surface area contributed by atoms with Gasteiger partial charge in [-0.3, -0.25) is 0 Å². The van der Waals surface area contributed by atoms with Crippen LogP contribution in [0.15, 0.2) is 18.2 Å². The molecule has 0 radical (unpaired) electrons. The summed E-state index contributed by atoms with van der Waals surface area (Å²) in [5.41, 5.74) is 7.89. The molecule has 0 aromatic heterocycles. The molecule has 1 aromatic rings. The zero-order valence-electron chi connectivity index (χ0n) is 11.1. The lowest BCUT2D eigenvalue weighted by Crippen LogP contribution is -2.49. The Morgan fingerprint density at radius 1 is 1.56 bits per heavy atom. The Morgan fingerprint density at radius 3 is 3.00 bits per heavy atom. The van der Waals surface area contributed by atoms with Gasteiger partial charge in [-0.05, 0) is 37.6 Å². The van der Waals surface area contributed by atoms with E-state index in [-0.39, 0.29) is 11.9 Å². The molecule has 0 amide bonds. The number of rotatable bonds is 3. The molecule has 0 bridgehead atoms.